The fourth-order valence-corrected chi connectivity index (χ4v) is 7.29. The van der Waals surface area contributed by atoms with Crippen LogP contribution in [0.25, 0.3) is 82.1 Å². The van der Waals surface area contributed by atoms with Gasteiger partial charge in [0.05, 0.1) is 46.0 Å². The van der Waals surface area contributed by atoms with Crippen molar-refractivity contribution in [3.63, 3.8) is 0 Å². The van der Waals surface area contributed by atoms with Crippen molar-refractivity contribution < 1.29 is 0 Å². The zero-order valence-electron chi connectivity index (χ0n) is 25.8. The van der Waals surface area contributed by atoms with E-state index >= 15 is 0 Å². The maximum atomic E-state index is 10.2. The Kier molecular flexibility index (Phi) is 6.22. The van der Waals surface area contributed by atoms with E-state index in [-0.39, 0.29) is 0 Å². The summed E-state index contributed by atoms with van der Waals surface area (Å²) in [4.78, 5) is 3.89. The summed E-state index contributed by atoms with van der Waals surface area (Å²) in [5.41, 5.74) is 11.4. The third-order valence-electron chi connectivity index (χ3n) is 9.33. The molecule has 0 unspecified atom stereocenters. The van der Waals surface area contributed by atoms with Gasteiger partial charge in [-0.25, -0.2) is 4.85 Å². The fourth-order valence-electron chi connectivity index (χ4n) is 7.29. The lowest BCUT2D eigenvalue weighted by atomic mass is 9.95. The Bertz CT molecular complexity index is 2760. The van der Waals surface area contributed by atoms with Crippen molar-refractivity contribution in [1.82, 2.24) is 9.13 Å². The normalized spacial score (nSPS) is 11.3. The van der Waals surface area contributed by atoms with Crippen LogP contribution < -0.4 is 0 Å². The molecule has 2 heterocycles. The number of para-hydroxylation sites is 5. The van der Waals surface area contributed by atoms with Crippen LogP contribution in [0.1, 0.15) is 5.56 Å². The van der Waals surface area contributed by atoms with E-state index in [1.165, 1.54) is 10.8 Å². The van der Waals surface area contributed by atoms with E-state index in [9.17, 15) is 5.26 Å². The van der Waals surface area contributed by atoms with Gasteiger partial charge >= 0.3 is 0 Å². The van der Waals surface area contributed by atoms with Crippen molar-refractivity contribution in [3.05, 3.63) is 175 Å². The largest absolute Gasteiger partial charge is 0.319 e. The molecule has 9 rings (SSSR count). The van der Waals surface area contributed by atoms with E-state index in [2.05, 4.69) is 141 Å². The van der Waals surface area contributed by atoms with Gasteiger partial charge in [-0.15, -0.1) is 0 Å². The molecule has 0 N–H and O–H groups in total. The lowest BCUT2D eigenvalue weighted by Crippen LogP contribution is -1.98. The second-order valence-electron chi connectivity index (χ2n) is 12.0. The van der Waals surface area contributed by atoms with E-state index < -0.39 is 0 Å². The van der Waals surface area contributed by atoms with Crippen molar-refractivity contribution >= 4 is 49.3 Å². The molecule has 0 bridgehead atoms. The van der Waals surface area contributed by atoms with E-state index in [0.717, 1.165) is 66.5 Å². The molecule has 222 valence electrons. The van der Waals surface area contributed by atoms with Crippen molar-refractivity contribution in [3.8, 4) is 39.7 Å². The minimum absolute atomic E-state index is 0.595. The quantitative estimate of drug-likeness (QED) is 0.183. The Labute approximate surface area is 277 Å². The van der Waals surface area contributed by atoms with Crippen LogP contribution in [0.15, 0.2) is 158 Å². The van der Waals surface area contributed by atoms with Gasteiger partial charge in [0.25, 0.3) is 0 Å². The molecule has 0 saturated carbocycles. The van der Waals surface area contributed by atoms with Gasteiger partial charge in [-0.05, 0) is 76.7 Å². The van der Waals surface area contributed by atoms with E-state index in [1.54, 1.807) is 0 Å². The van der Waals surface area contributed by atoms with Gasteiger partial charge < -0.3 is 9.13 Å². The molecule has 0 atom stereocenters. The van der Waals surface area contributed by atoms with Crippen LogP contribution in [0.4, 0.5) is 5.69 Å². The average molecular weight is 611 g/mol. The number of fused-ring (bicyclic) bond motifs is 6. The predicted molar refractivity (Wildman–Crippen MR) is 197 cm³/mol. The maximum Gasteiger partial charge on any atom is 0.211 e. The van der Waals surface area contributed by atoms with Crippen molar-refractivity contribution in [2.45, 2.75) is 0 Å². The Morgan fingerprint density at radius 2 is 1.08 bits per heavy atom. The van der Waals surface area contributed by atoms with Crippen LogP contribution in [0.5, 0.6) is 0 Å². The van der Waals surface area contributed by atoms with Gasteiger partial charge in [-0.2, -0.15) is 5.26 Å². The minimum atomic E-state index is 0.595. The van der Waals surface area contributed by atoms with E-state index in [4.69, 9.17) is 6.57 Å². The number of benzene rings is 7. The van der Waals surface area contributed by atoms with Crippen molar-refractivity contribution in [2.24, 2.45) is 0 Å². The number of nitriles is 1. The summed E-state index contributed by atoms with van der Waals surface area (Å²) in [5, 5.41) is 14.8. The molecule has 4 heteroatoms. The van der Waals surface area contributed by atoms with E-state index in [0.29, 0.717) is 11.3 Å². The maximum absolute atomic E-state index is 10.2. The Morgan fingerprint density at radius 3 is 1.79 bits per heavy atom. The smallest absolute Gasteiger partial charge is 0.211 e. The van der Waals surface area contributed by atoms with Gasteiger partial charge in [0, 0.05) is 27.4 Å². The standard InChI is InChI=1S/C44H26N4/c1-46-39-19-11-18-38-37-17-5-7-21-41(37)47(44(38)39)33-13-10-12-30(27-33)31-24-29(28-45)25-32(26-31)34-14-2-6-20-40(34)48-42-22-8-3-15-35(42)36-16-4-9-23-43(36)48/h2-27H. The molecule has 4 nitrogen and oxygen atoms in total. The molecule has 0 amide bonds. The first-order chi connectivity index (χ1) is 23.7. The highest BCUT2D eigenvalue weighted by Crippen LogP contribution is 2.40. The first-order valence-electron chi connectivity index (χ1n) is 15.9. The monoisotopic (exact) mass is 610 g/mol. The van der Waals surface area contributed by atoms with Crippen LogP contribution in [-0.2, 0) is 0 Å². The molecule has 0 saturated heterocycles. The average Bonchev–Trinajstić information content (AvgIpc) is 3.68. The van der Waals surface area contributed by atoms with Crippen LogP contribution in [-0.4, -0.2) is 9.13 Å². The second-order valence-corrected chi connectivity index (χ2v) is 12.0. The molecule has 7 aromatic carbocycles. The Balaban J connectivity index is 1.25. The third kappa shape index (κ3) is 4.14. The lowest BCUT2D eigenvalue weighted by Gasteiger charge is -2.16. The highest BCUT2D eigenvalue weighted by molar-refractivity contribution is 6.13. The molecule has 9 aromatic rings. The van der Waals surface area contributed by atoms with Crippen molar-refractivity contribution in [1.29, 1.82) is 5.26 Å². The molecule has 0 fully saturated rings. The first-order valence-corrected chi connectivity index (χ1v) is 15.9. The van der Waals surface area contributed by atoms with Gasteiger partial charge in [0.15, 0.2) is 0 Å². The van der Waals surface area contributed by atoms with E-state index in [1.807, 2.05) is 36.4 Å². The van der Waals surface area contributed by atoms with Gasteiger partial charge in [0.1, 0.15) is 0 Å². The van der Waals surface area contributed by atoms with Gasteiger partial charge in [-0.3, -0.25) is 0 Å². The van der Waals surface area contributed by atoms with Crippen LogP contribution in [0.3, 0.4) is 0 Å². The Morgan fingerprint density at radius 1 is 0.500 bits per heavy atom. The Hall–Kier alpha value is -6.88. The van der Waals surface area contributed by atoms with Crippen molar-refractivity contribution in [2.75, 3.05) is 0 Å². The highest BCUT2D eigenvalue weighted by atomic mass is 15.0. The molecular formula is C44H26N4. The summed E-state index contributed by atoms with van der Waals surface area (Å²) < 4.78 is 4.52. The number of aromatic nitrogens is 2. The summed E-state index contributed by atoms with van der Waals surface area (Å²) in [5.74, 6) is 0. The second kappa shape index (κ2) is 10.9. The van der Waals surface area contributed by atoms with Crippen LogP contribution >= 0.6 is 0 Å². The van der Waals surface area contributed by atoms with Crippen LogP contribution in [0.2, 0.25) is 0 Å². The number of hydrogen-bond donors (Lipinski definition) is 0. The predicted octanol–water partition coefficient (Wildman–Crippen LogP) is 11.6. The highest BCUT2D eigenvalue weighted by Gasteiger charge is 2.18. The topological polar surface area (TPSA) is 38.0 Å². The minimum Gasteiger partial charge on any atom is -0.319 e. The molecule has 48 heavy (non-hydrogen) atoms. The zero-order valence-corrected chi connectivity index (χ0v) is 25.8. The number of hydrogen-bond acceptors (Lipinski definition) is 1. The SMILES string of the molecule is [C-]#[N+]c1cccc2c3ccccc3n(-c3cccc(-c4cc(C#N)cc(-c5ccccc5-n5c6ccccc6c6ccccc65)c4)c3)c12. The molecule has 0 aliphatic rings. The van der Waals surface area contributed by atoms with Gasteiger partial charge in [0.2, 0.25) is 5.69 Å². The summed E-state index contributed by atoms with van der Waals surface area (Å²) in [6.07, 6.45) is 0. The lowest BCUT2D eigenvalue weighted by molar-refractivity contribution is 1.18. The fraction of sp³-hybridized carbons (Fsp3) is 0. The number of rotatable bonds is 4. The molecule has 0 spiro atoms. The van der Waals surface area contributed by atoms with Crippen LogP contribution in [0, 0.1) is 17.9 Å². The molecule has 0 aliphatic carbocycles. The summed E-state index contributed by atoms with van der Waals surface area (Å²) in [6.45, 7) is 7.92. The molecule has 0 radical (unpaired) electrons. The summed E-state index contributed by atoms with van der Waals surface area (Å²) in [6, 6.07) is 56.6. The molecule has 2 aromatic heterocycles. The molecular weight excluding hydrogens is 585 g/mol. The van der Waals surface area contributed by atoms with Gasteiger partial charge in [-0.1, -0.05) is 103 Å². The summed E-state index contributed by atoms with van der Waals surface area (Å²) in [7, 11) is 0. The summed E-state index contributed by atoms with van der Waals surface area (Å²) >= 11 is 0. The first kappa shape index (κ1) is 27.4. The molecule has 0 aliphatic heterocycles. The zero-order chi connectivity index (χ0) is 32.2. The number of nitrogens with zero attached hydrogens (tertiary/aromatic N) is 4. The third-order valence-corrected chi connectivity index (χ3v) is 9.33.